The highest BCUT2D eigenvalue weighted by Crippen LogP contribution is 2.39. The van der Waals surface area contributed by atoms with Gasteiger partial charge in [0.1, 0.15) is 5.69 Å². The molecule has 2 aromatic rings. The Morgan fingerprint density at radius 2 is 1.71 bits per heavy atom. The zero-order valence-electron chi connectivity index (χ0n) is 18.1. The molecule has 1 unspecified atom stereocenters. The predicted octanol–water partition coefficient (Wildman–Crippen LogP) is 2.97. The number of benzene rings is 1. The third-order valence-corrected chi connectivity index (χ3v) is 6.39. The molecule has 2 amide bonds. The summed E-state index contributed by atoms with van der Waals surface area (Å²) in [6.07, 6.45) is 3.93. The molecule has 0 N–H and O–H groups in total. The molecule has 2 fully saturated rings. The lowest BCUT2D eigenvalue weighted by molar-refractivity contribution is -0.135. The summed E-state index contributed by atoms with van der Waals surface area (Å²) in [6.45, 7) is 2.62. The van der Waals surface area contributed by atoms with E-state index in [2.05, 4.69) is 11.1 Å². The van der Waals surface area contributed by atoms with Crippen LogP contribution in [0.1, 0.15) is 41.2 Å². The summed E-state index contributed by atoms with van der Waals surface area (Å²) in [7, 11) is 3.29. The summed E-state index contributed by atoms with van der Waals surface area (Å²) >= 11 is 0. The molecule has 31 heavy (non-hydrogen) atoms. The molecule has 0 spiro atoms. The van der Waals surface area contributed by atoms with Crippen LogP contribution >= 0.6 is 0 Å². The van der Waals surface area contributed by atoms with Crippen LogP contribution in [0.15, 0.2) is 42.6 Å². The minimum Gasteiger partial charge on any atom is -0.493 e. The van der Waals surface area contributed by atoms with E-state index < -0.39 is 0 Å². The maximum atomic E-state index is 13.2. The molecule has 0 aliphatic carbocycles. The van der Waals surface area contributed by atoms with Crippen molar-refractivity contribution < 1.29 is 19.1 Å². The monoisotopic (exact) mass is 423 g/mol. The highest BCUT2D eigenvalue weighted by atomic mass is 16.5. The molecule has 0 bridgehead atoms. The maximum Gasteiger partial charge on any atom is 0.272 e. The van der Waals surface area contributed by atoms with E-state index in [0.717, 1.165) is 30.0 Å². The molecule has 7 heteroatoms. The second-order valence-electron chi connectivity index (χ2n) is 8.13. The van der Waals surface area contributed by atoms with Crippen LogP contribution < -0.4 is 9.47 Å². The molecule has 2 aliphatic heterocycles. The summed E-state index contributed by atoms with van der Waals surface area (Å²) < 4.78 is 11.0. The number of pyridine rings is 1. The summed E-state index contributed by atoms with van der Waals surface area (Å²) in [5.41, 5.74) is 1.55. The number of aromatic nitrogens is 1. The molecule has 2 aliphatic rings. The largest absolute Gasteiger partial charge is 0.493 e. The number of ether oxygens (including phenoxy) is 2. The second kappa shape index (κ2) is 9.37. The first-order valence-corrected chi connectivity index (χ1v) is 10.8. The number of nitrogens with zero attached hydrogens (tertiary/aromatic N) is 3. The number of hydrogen-bond donors (Lipinski definition) is 0. The van der Waals surface area contributed by atoms with Crippen LogP contribution in [0.5, 0.6) is 11.5 Å². The standard InChI is InChI=1S/C24H29N3O4/c1-30-21-8-5-6-19(22(21)31-2)18-11-15-27(16-18)23(28)17-9-13-26(14-10-17)24(29)20-7-3-4-12-25-20/h3-8,12,17-18H,9-11,13-16H2,1-2H3. The first-order chi connectivity index (χ1) is 15.1. The van der Waals surface area contributed by atoms with E-state index in [1.165, 1.54) is 0 Å². The Labute approximate surface area is 183 Å². The molecule has 1 aromatic heterocycles. The van der Waals surface area contributed by atoms with Crippen molar-refractivity contribution >= 4 is 11.8 Å². The zero-order chi connectivity index (χ0) is 21.8. The Bertz CT molecular complexity index is 926. The van der Waals surface area contributed by atoms with Crippen LogP contribution in [0.2, 0.25) is 0 Å². The van der Waals surface area contributed by atoms with Crippen molar-refractivity contribution in [2.24, 2.45) is 5.92 Å². The minimum absolute atomic E-state index is 0.0289. The van der Waals surface area contributed by atoms with Gasteiger partial charge in [-0.2, -0.15) is 0 Å². The van der Waals surface area contributed by atoms with Crippen LogP contribution in [-0.2, 0) is 4.79 Å². The number of carbonyl (C=O) groups is 2. The normalized spacial score (nSPS) is 19.4. The number of piperidine rings is 1. The van der Waals surface area contributed by atoms with Gasteiger partial charge in [0, 0.05) is 49.8 Å². The van der Waals surface area contributed by atoms with Crippen LogP contribution in [-0.4, -0.2) is 67.0 Å². The number of carbonyl (C=O) groups excluding carboxylic acids is 2. The molecule has 3 heterocycles. The molecular weight excluding hydrogens is 394 g/mol. The third-order valence-electron chi connectivity index (χ3n) is 6.39. The summed E-state index contributed by atoms with van der Waals surface area (Å²) in [5.74, 6) is 1.83. The fourth-order valence-corrected chi connectivity index (χ4v) is 4.69. The van der Waals surface area contributed by atoms with E-state index in [4.69, 9.17) is 9.47 Å². The van der Waals surface area contributed by atoms with Gasteiger partial charge in [-0.05, 0) is 37.5 Å². The molecule has 1 aromatic carbocycles. The summed E-state index contributed by atoms with van der Waals surface area (Å²) in [6, 6.07) is 11.3. The van der Waals surface area contributed by atoms with Crippen molar-refractivity contribution in [1.82, 2.24) is 14.8 Å². The lowest BCUT2D eigenvalue weighted by atomic mass is 9.94. The Hall–Kier alpha value is -3.09. The molecular formula is C24H29N3O4. The molecule has 7 nitrogen and oxygen atoms in total. The van der Waals surface area contributed by atoms with Crippen molar-refractivity contribution in [2.75, 3.05) is 40.4 Å². The molecule has 2 saturated heterocycles. The third kappa shape index (κ3) is 4.36. The van der Waals surface area contributed by atoms with Gasteiger partial charge < -0.3 is 19.3 Å². The minimum atomic E-state index is -0.0575. The number of rotatable bonds is 5. The van der Waals surface area contributed by atoms with E-state index in [0.29, 0.717) is 38.2 Å². The molecule has 4 rings (SSSR count). The Morgan fingerprint density at radius 1 is 0.935 bits per heavy atom. The van der Waals surface area contributed by atoms with Gasteiger partial charge in [-0.1, -0.05) is 18.2 Å². The number of methoxy groups -OCH3 is 2. The van der Waals surface area contributed by atoms with Gasteiger partial charge in [-0.15, -0.1) is 0 Å². The Balaban J connectivity index is 1.35. The van der Waals surface area contributed by atoms with Crippen molar-refractivity contribution in [3.63, 3.8) is 0 Å². The topological polar surface area (TPSA) is 72.0 Å². The summed E-state index contributed by atoms with van der Waals surface area (Å²) in [5, 5.41) is 0. The SMILES string of the molecule is COc1cccc(C2CCN(C(=O)C3CCN(C(=O)c4ccccn4)CC3)C2)c1OC. The molecule has 0 saturated carbocycles. The average molecular weight is 424 g/mol. The van der Waals surface area contributed by atoms with Crippen molar-refractivity contribution in [1.29, 1.82) is 0 Å². The highest BCUT2D eigenvalue weighted by Gasteiger charge is 2.35. The first kappa shape index (κ1) is 21.2. The van der Waals surface area contributed by atoms with Gasteiger partial charge in [0.2, 0.25) is 5.91 Å². The van der Waals surface area contributed by atoms with E-state index in [9.17, 15) is 9.59 Å². The Morgan fingerprint density at radius 3 is 2.39 bits per heavy atom. The zero-order valence-corrected chi connectivity index (χ0v) is 18.1. The molecule has 164 valence electrons. The van der Waals surface area contributed by atoms with Gasteiger partial charge >= 0.3 is 0 Å². The van der Waals surface area contributed by atoms with Gasteiger partial charge in [-0.3, -0.25) is 14.6 Å². The van der Waals surface area contributed by atoms with E-state index in [1.807, 2.05) is 23.1 Å². The predicted molar refractivity (Wildman–Crippen MR) is 116 cm³/mol. The molecule has 0 radical (unpaired) electrons. The van der Waals surface area contributed by atoms with Crippen molar-refractivity contribution in [3.05, 3.63) is 53.9 Å². The lowest BCUT2D eigenvalue weighted by Gasteiger charge is -2.33. The van der Waals surface area contributed by atoms with Gasteiger partial charge in [0.15, 0.2) is 11.5 Å². The maximum absolute atomic E-state index is 13.2. The van der Waals surface area contributed by atoms with Gasteiger partial charge in [0.25, 0.3) is 5.91 Å². The second-order valence-corrected chi connectivity index (χ2v) is 8.13. The van der Waals surface area contributed by atoms with Gasteiger partial charge in [-0.25, -0.2) is 0 Å². The Kier molecular flexibility index (Phi) is 6.39. The average Bonchev–Trinajstić information content (AvgIpc) is 3.33. The van der Waals surface area contributed by atoms with Crippen LogP contribution in [0.25, 0.3) is 0 Å². The fourth-order valence-electron chi connectivity index (χ4n) is 4.69. The smallest absolute Gasteiger partial charge is 0.272 e. The van der Waals surface area contributed by atoms with Crippen molar-refractivity contribution in [2.45, 2.75) is 25.2 Å². The lowest BCUT2D eigenvalue weighted by Crippen LogP contribution is -2.44. The number of likely N-dealkylation sites (tertiary alicyclic amines) is 2. The van der Waals surface area contributed by atoms with Crippen molar-refractivity contribution in [3.8, 4) is 11.5 Å². The first-order valence-electron chi connectivity index (χ1n) is 10.8. The number of para-hydroxylation sites is 1. The highest BCUT2D eigenvalue weighted by molar-refractivity contribution is 5.92. The van der Waals surface area contributed by atoms with Gasteiger partial charge in [0.05, 0.1) is 14.2 Å². The van der Waals surface area contributed by atoms with Crippen LogP contribution in [0, 0.1) is 5.92 Å². The van der Waals surface area contributed by atoms with E-state index >= 15 is 0 Å². The van der Waals surface area contributed by atoms with E-state index in [-0.39, 0.29) is 23.7 Å². The molecule has 1 atom stereocenters. The van der Waals surface area contributed by atoms with Crippen LogP contribution in [0.4, 0.5) is 0 Å². The van der Waals surface area contributed by atoms with E-state index in [1.54, 1.807) is 37.4 Å². The van der Waals surface area contributed by atoms with Crippen LogP contribution in [0.3, 0.4) is 0 Å². The number of hydrogen-bond acceptors (Lipinski definition) is 5. The summed E-state index contributed by atoms with van der Waals surface area (Å²) in [4.78, 5) is 33.7. The fraction of sp³-hybridized carbons (Fsp3) is 0.458. The quantitative estimate of drug-likeness (QED) is 0.739. The number of amides is 2.